The van der Waals surface area contributed by atoms with Crippen molar-refractivity contribution in [3.63, 3.8) is 0 Å². The van der Waals surface area contributed by atoms with Gasteiger partial charge in [-0.05, 0) is 38.0 Å². The number of aliphatic imine (C=N–C) groups is 1. The maximum Gasteiger partial charge on any atom is 0.191 e. The Morgan fingerprint density at radius 1 is 1.35 bits per heavy atom. The van der Waals surface area contributed by atoms with Crippen LogP contribution >= 0.6 is 0 Å². The van der Waals surface area contributed by atoms with E-state index in [0.29, 0.717) is 18.8 Å². The molecule has 0 aliphatic heterocycles. The number of nitrogens with zero attached hydrogens (tertiary/aromatic N) is 3. The fourth-order valence-electron chi connectivity index (χ4n) is 2.40. The monoisotopic (exact) mass is 361 g/mol. The van der Waals surface area contributed by atoms with Crippen LogP contribution in [-0.4, -0.2) is 41.5 Å². The molecule has 1 heterocycles. The lowest BCUT2D eigenvalue weighted by Crippen LogP contribution is -2.39. The topological polar surface area (TPSA) is 63.5 Å². The molecule has 0 spiro atoms. The van der Waals surface area contributed by atoms with Gasteiger partial charge in [0.1, 0.15) is 17.7 Å². The third-order valence-electron chi connectivity index (χ3n) is 3.75. The quantitative estimate of drug-likeness (QED) is 0.532. The summed E-state index contributed by atoms with van der Waals surface area (Å²) in [5.41, 5.74) is 1.14. The van der Waals surface area contributed by atoms with Gasteiger partial charge >= 0.3 is 0 Å². The van der Waals surface area contributed by atoms with Gasteiger partial charge < -0.3 is 15.4 Å². The summed E-state index contributed by atoms with van der Waals surface area (Å²) in [4.78, 5) is 4.59. The zero-order valence-electron chi connectivity index (χ0n) is 15.7. The number of nitrogens with one attached hydrogen (secondary N) is 2. The molecule has 7 heteroatoms. The summed E-state index contributed by atoms with van der Waals surface area (Å²) in [5, 5.41) is 10.8. The van der Waals surface area contributed by atoms with Gasteiger partial charge in [-0.25, -0.2) is 9.38 Å². The SMILES string of the molecule is CCNC(=NCC(CC)Oc1cccc(F)c1)NCCn1cc(C)cn1. The second-order valence-corrected chi connectivity index (χ2v) is 6.03. The summed E-state index contributed by atoms with van der Waals surface area (Å²) >= 11 is 0. The molecule has 0 amide bonds. The molecule has 1 aromatic heterocycles. The van der Waals surface area contributed by atoms with Crippen molar-refractivity contribution in [2.24, 2.45) is 4.99 Å². The van der Waals surface area contributed by atoms with Gasteiger partial charge in [0.15, 0.2) is 5.96 Å². The van der Waals surface area contributed by atoms with Gasteiger partial charge in [-0.1, -0.05) is 13.0 Å². The summed E-state index contributed by atoms with van der Waals surface area (Å²) < 4.78 is 21.0. The van der Waals surface area contributed by atoms with E-state index in [0.717, 1.165) is 31.0 Å². The van der Waals surface area contributed by atoms with E-state index in [-0.39, 0.29) is 11.9 Å². The van der Waals surface area contributed by atoms with Crippen LogP contribution < -0.4 is 15.4 Å². The van der Waals surface area contributed by atoms with Crippen molar-refractivity contribution in [3.05, 3.63) is 48.0 Å². The van der Waals surface area contributed by atoms with Crippen molar-refractivity contribution in [1.29, 1.82) is 0 Å². The van der Waals surface area contributed by atoms with E-state index in [9.17, 15) is 4.39 Å². The summed E-state index contributed by atoms with van der Waals surface area (Å²) in [7, 11) is 0. The molecule has 26 heavy (non-hydrogen) atoms. The minimum Gasteiger partial charge on any atom is -0.488 e. The molecule has 0 saturated heterocycles. The molecule has 2 N–H and O–H groups in total. The van der Waals surface area contributed by atoms with Gasteiger partial charge in [-0.15, -0.1) is 0 Å². The van der Waals surface area contributed by atoms with Gasteiger partial charge in [-0.3, -0.25) is 4.68 Å². The standard InChI is InChI=1S/C19H28FN5O/c1-4-17(26-18-8-6-7-16(20)11-18)13-23-19(21-5-2)22-9-10-25-14-15(3)12-24-25/h6-8,11-12,14,17H,4-5,9-10,13H2,1-3H3,(H2,21,22,23). The Balaban J connectivity index is 1.86. The first-order chi connectivity index (χ1) is 12.6. The minimum absolute atomic E-state index is 0.110. The molecule has 2 rings (SSSR count). The van der Waals surface area contributed by atoms with E-state index in [1.54, 1.807) is 12.1 Å². The number of aryl methyl sites for hydroxylation is 1. The molecule has 0 aliphatic carbocycles. The Bertz CT molecular complexity index is 701. The number of hydrogen-bond acceptors (Lipinski definition) is 3. The average Bonchev–Trinajstić information content (AvgIpc) is 3.03. The van der Waals surface area contributed by atoms with Crippen LogP contribution in [0.15, 0.2) is 41.7 Å². The Kier molecular flexibility index (Phi) is 7.92. The molecule has 0 bridgehead atoms. The van der Waals surface area contributed by atoms with Gasteiger partial charge in [0.2, 0.25) is 0 Å². The van der Waals surface area contributed by atoms with E-state index in [2.05, 4.69) is 20.7 Å². The van der Waals surface area contributed by atoms with Crippen LogP contribution in [0, 0.1) is 12.7 Å². The van der Waals surface area contributed by atoms with Crippen LogP contribution in [0.2, 0.25) is 0 Å². The van der Waals surface area contributed by atoms with Crippen molar-refractivity contribution in [1.82, 2.24) is 20.4 Å². The maximum absolute atomic E-state index is 13.3. The number of ether oxygens (including phenoxy) is 1. The normalized spacial score (nSPS) is 12.7. The van der Waals surface area contributed by atoms with Crippen LogP contribution in [0.1, 0.15) is 25.8 Å². The smallest absolute Gasteiger partial charge is 0.191 e. The average molecular weight is 361 g/mol. The first-order valence-corrected chi connectivity index (χ1v) is 9.04. The molecular weight excluding hydrogens is 333 g/mol. The summed E-state index contributed by atoms with van der Waals surface area (Å²) in [6, 6.07) is 6.19. The van der Waals surface area contributed by atoms with E-state index in [1.807, 2.05) is 37.8 Å². The molecule has 0 saturated carbocycles. The number of rotatable bonds is 9. The summed E-state index contributed by atoms with van der Waals surface area (Å²) in [5.74, 6) is 0.960. The molecular formula is C19H28FN5O. The van der Waals surface area contributed by atoms with Crippen LogP contribution in [0.3, 0.4) is 0 Å². The lowest BCUT2D eigenvalue weighted by atomic mass is 10.2. The van der Waals surface area contributed by atoms with Gasteiger partial charge in [0.25, 0.3) is 0 Å². The van der Waals surface area contributed by atoms with Gasteiger partial charge in [-0.2, -0.15) is 5.10 Å². The predicted octanol–water partition coefficient (Wildman–Crippen LogP) is 2.74. The van der Waals surface area contributed by atoms with E-state index >= 15 is 0 Å². The molecule has 0 aliphatic rings. The number of halogens is 1. The number of benzene rings is 1. The van der Waals surface area contributed by atoms with E-state index < -0.39 is 0 Å². The Hall–Kier alpha value is -2.57. The second kappa shape index (κ2) is 10.4. The van der Waals surface area contributed by atoms with Crippen LogP contribution in [-0.2, 0) is 6.54 Å². The Morgan fingerprint density at radius 2 is 2.19 bits per heavy atom. The highest BCUT2D eigenvalue weighted by Gasteiger charge is 2.09. The highest BCUT2D eigenvalue weighted by molar-refractivity contribution is 5.79. The number of guanidine groups is 1. The zero-order chi connectivity index (χ0) is 18.8. The second-order valence-electron chi connectivity index (χ2n) is 6.03. The zero-order valence-corrected chi connectivity index (χ0v) is 15.7. The molecule has 0 fully saturated rings. The van der Waals surface area contributed by atoms with E-state index in [1.165, 1.54) is 12.1 Å². The van der Waals surface area contributed by atoms with Crippen molar-refractivity contribution >= 4 is 5.96 Å². The van der Waals surface area contributed by atoms with Gasteiger partial charge in [0, 0.05) is 25.4 Å². The molecule has 2 aromatic rings. The number of aromatic nitrogens is 2. The molecule has 1 atom stereocenters. The minimum atomic E-state index is -0.301. The Morgan fingerprint density at radius 3 is 2.85 bits per heavy atom. The maximum atomic E-state index is 13.3. The summed E-state index contributed by atoms with van der Waals surface area (Å²) in [6.45, 7) is 8.81. The largest absolute Gasteiger partial charge is 0.488 e. The predicted molar refractivity (Wildman–Crippen MR) is 102 cm³/mol. The van der Waals surface area contributed by atoms with E-state index in [4.69, 9.17) is 4.74 Å². The molecule has 1 aromatic carbocycles. The lowest BCUT2D eigenvalue weighted by molar-refractivity contribution is 0.205. The van der Waals surface area contributed by atoms with Crippen molar-refractivity contribution in [2.45, 2.75) is 39.8 Å². The summed E-state index contributed by atoms with van der Waals surface area (Å²) in [6.07, 6.45) is 4.52. The first kappa shape index (κ1) is 19.8. The Labute approximate surface area is 154 Å². The van der Waals surface area contributed by atoms with Crippen LogP contribution in [0.5, 0.6) is 5.75 Å². The molecule has 1 unspecified atom stereocenters. The fraction of sp³-hybridized carbons (Fsp3) is 0.474. The third-order valence-corrected chi connectivity index (χ3v) is 3.75. The highest BCUT2D eigenvalue weighted by Crippen LogP contribution is 2.15. The lowest BCUT2D eigenvalue weighted by Gasteiger charge is -2.17. The van der Waals surface area contributed by atoms with Crippen molar-refractivity contribution in [3.8, 4) is 5.75 Å². The molecule has 6 nitrogen and oxygen atoms in total. The third kappa shape index (κ3) is 6.74. The highest BCUT2D eigenvalue weighted by atomic mass is 19.1. The van der Waals surface area contributed by atoms with Crippen molar-refractivity contribution < 1.29 is 9.13 Å². The van der Waals surface area contributed by atoms with Crippen LogP contribution in [0.4, 0.5) is 4.39 Å². The number of hydrogen-bond donors (Lipinski definition) is 2. The van der Waals surface area contributed by atoms with Crippen molar-refractivity contribution in [2.75, 3.05) is 19.6 Å². The molecule has 142 valence electrons. The molecule has 0 radical (unpaired) electrons. The van der Waals surface area contributed by atoms with Gasteiger partial charge in [0.05, 0.1) is 19.3 Å². The fourth-order valence-corrected chi connectivity index (χ4v) is 2.40. The van der Waals surface area contributed by atoms with Crippen LogP contribution in [0.25, 0.3) is 0 Å². The first-order valence-electron chi connectivity index (χ1n) is 9.04.